The van der Waals surface area contributed by atoms with Crippen LogP contribution in [-0.4, -0.2) is 22.8 Å². The summed E-state index contributed by atoms with van der Waals surface area (Å²) in [5, 5.41) is 4.16. The molecule has 0 aliphatic rings. The van der Waals surface area contributed by atoms with E-state index in [0.29, 0.717) is 5.95 Å². The molecular weight excluding hydrogens is 276 g/mol. The summed E-state index contributed by atoms with van der Waals surface area (Å²) in [6, 6.07) is 9.75. The van der Waals surface area contributed by atoms with E-state index in [0.717, 1.165) is 42.1 Å². The van der Waals surface area contributed by atoms with Gasteiger partial charge in [-0.05, 0) is 56.2 Å². The first-order valence-corrected chi connectivity index (χ1v) is 7.51. The molecule has 0 unspecified atom stereocenters. The molecule has 116 valence electrons. The Morgan fingerprint density at radius 1 is 1.14 bits per heavy atom. The van der Waals surface area contributed by atoms with Gasteiger partial charge in [0.25, 0.3) is 0 Å². The Morgan fingerprint density at radius 2 is 1.82 bits per heavy atom. The van der Waals surface area contributed by atoms with Crippen LogP contribution < -0.4 is 10.2 Å². The lowest BCUT2D eigenvalue weighted by atomic mass is 10.2. The van der Waals surface area contributed by atoms with Crippen molar-refractivity contribution in [1.29, 1.82) is 0 Å². The zero-order valence-electron chi connectivity index (χ0n) is 13.3. The van der Waals surface area contributed by atoms with E-state index in [1.807, 2.05) is 44.2 Å². The van der Waals surface area contributed by atoms with Crippen molar-refractivity contribution in [3.8, 4) is 5.75 Å². The van der Waals surface area contributed by atoms with Gasteiger partial charge < -0.3 is 4.74 Å². The Kier molecular flexibility index (Phi) is 5.89. The van der Waals surface area contributed by atoms with Crippen LogP contribution in [0.1, 0.15) is 36.7 Å². The van der Waals surface area contributed by atoms with Crippen molar-refractivity contribution in [2.45, 2.75) is 33.6 Å². The summed E-state index contributed by atoms with van der Waals surface area (Å²) in [6.07, 6.45) is 3.94. The lowest BCUT2D eigenvalue weighted by Gasteiger charge is -2.05. The fraction of sp³-hybridized carbons (Fsp3) is 0.353. The Bertz CT molecular complexity index is 603. The number of aryl methyl sites for hydroxylation is 2. The van der Waals surface area contributed by atoms with E-state index >= 15 is 0 Å². The highest BCUT2D eigenvalue weighted by Gasteiger charge is 1.97. The molecule has 0 saturated carbocycles. The molecule has 1 aromatic heterocycles. The van der Waals surface area contributed by atoms with Gasteiger partial charge in [-0.3, -0.25) is 0 Å². The molecule has 5 heteroatoms. The summed E-state index contributed by atoms with van der Waals surface area (Å²) in [6.45, 7) is 6.77. The SMILES string of the molecule is CCCCOc1ccc(/C=N\Nc2nc(C)cc(C)n2)cc1. The number of hydrogen-bond acceptors (Lipinski definition) is 5. The smallest absolute Gasteiger partial charge is 0.243 e. The molecule has 0 radical (unpaired) electrons. The molecule has 0 aliphatic carbocycles. The van der Waals surface area contributed by atoms with E-state index in [2.05, 4.69) is 27.4 Å². The number of anilines is 1. The van der Waals surface area contributed by atoms with Crippen molar-refractivity contribution in [1.82, 2.24) is 9.97 Å². The number of hydrogen-bond donors (Lipinski definition) is 1. The average molecular weight is 298 g/mol. The van der Waals surface area contributed by atoms with E-state index in [4.69, 9.17) is 4.74 Å². The molecule has 0 atom stereocenters. The van der Waals surface area contributed by atoms with E-state index in [1.54, 1.807) is 6.21 Å². The van der Waals surface area contributed by atoms with Gasteiger partial charge in [0, 0.05) is 11.4 Å². The van der Waals surface area contributed by atoms with Gasteiger partial charge >= 0.3 is 0 Å². The molecule has 1 heterocycles. The molecule has 0 spiro atoms. The van der Waals surface area contributed by atoms with E-state index < -0.39 is 0 Å². The minimum absolute atomic E-state index is 0.508. The third-order valence-corrected chi connectivity index (χ3v) is 3.01. The number of hydrazone groups is 1. The Labute approximate surface area is 131 Å². The number of benzene rings is 1. The van der Waals surface area contributed by atoms with Gasteiger partial charge in [-0.25, -0.2) is 15.4 Å². The van der Waals surface area contributed by atoms with Crippen LogP contribution in [0.4, 0.5) is 5.95 Å². The molecule has 0 saturated heterocycles. The summed E-state index contributed by atoms with van der Waals surface area (Å²) >= 11 is 0. The number of nitrogens with one attached hydrogen (secondary N) is 1. The van der Waals surface area contributed by atoms with Crippen LogP contribution in [0.15, 0.2) is 35.4 Å². The second-order valence-corrected chi connectivity index (χ2v) is 5.12. The zero-order valence-corrected chi connectivity index (χ0v) is 13.3. The van der Waals surface area contributed by atoms with Crippen LogP contribution in [0.3, 0.4) is 0 Å². The van der Waals surface area contributed by atoms with Crippen LogP contribution >= 0.6 is 0 Å². The maximum Gasteiger partial charge on any atom is 0.243 e. The third kappa shape index (κ3) is 5.16. The first-order chi connectivity index (χ1) is 10.7. The summed E-state index contributed by atoms with van der Waals surface area (Å²) in [7, 11) is 0. The number of ether oxygens (including phenoxy) is 1. The quantitative estimate of drug-likeness (QED) is 0.481. The highest BCUT2D eigenvalue weighted by Crippen LogP contribution is 2.11. The Morgan fingerprint density at radius 3 is 2.45 bits per heavy atom. The van der Waals surface area contributed by atoms with Crippen molar-refractivity contribution in [2.75, 3.05) is 12.0 Å². The number of aromatic nitrogens is 2. The van der Waals surface area contributed by atoms with Gasteiger partial charge in [0.15, 0.2) is 0 Å². The van der Waals surface area contributed by atoms with E-state index in [9.17, 15) is 0 Å². The third-order valence-electron chi connectivity index (χ3n) is 3.01. The topological polar surface area (TPSA) is 59.4 Å². The van der Waals surface area contributed by atoms with Crippen LogP contribution in [-0.2, 0) is 0 Å². The first-order valence-electron chi connectivity index (χ1n) is 7.51. The molecule has 5 nitrogen and oxygen atoms in total. The standard InChI is InChI=1S/C17H22N4O/c1-4-5-10-22-16-8-6-15(7-9-16)12-18-21-17-19-13(2)11-14(3)20-17/h6-9,11-12H,4-5,10H2,1-3H3,(H,19,20,21)/b18-12-. The predicted molar refractivity (Wildman–Crippen MR) is 89.6 cm³/mol. The molecular formula is C17H22N4O. The molecule has 2 rings (SSSR count). The fourth-order valence-electron chi connectivity index (χ4n) is 1.92. The van der Waals surface area contributed by atoms with Gasteiger partial charge in [-0.15, -0.1) is 0 Å². The summed E-state index contributed by atoms with van der Waals surface area (Å²) < 4.78 is 5.62. The number of nitrogens with zero attached hydrogens (tertiary/aromatic N) is 3. The summed E-state index contributed by atoms with van der Waals surface area (Å²) in [5.41, 5.74) is 5.66. The molecule has 0 bridgehead atoms. The highest BCUT2D eigenvalue weighted by atomic mass is 16.5. The first kappa shape index (κ1) is 15.9. The molecule has 0 fully saturated rings. The lowest BCUT2D eigenvalue weighted by molar-refractivity contribution is 0.309. The second kappa shape index (κ2) is 8.12. The van der Waals surface area contributed by atoms with Crippen molar-refractivity contribution in [2.24, 2.45) is 5.10 Å². The van der Waals surface area contributed by atoms with Crippen molar-refractivity contribution >= 4 is 12.2 Å². The summed E-state index contributed by atoms with van der Waals surface area (Å²) in [4.78, 5) is 8.53. The Hall–Kier alpha value is -2.43. The average Bonchev–Trinajstić information content (AvgIpc) is 2.48. The van der Waals surface area contributed by atoms with Crippen molar-refractivity contribution < 1.29 is 4.74 Å². The largest absolute Gasteiger partial charge is 0.494 e. The van der Waals surface area contributed by atoms with Crippen molar-refractivity contribution in [3.63, 3.8) is 0 Å². The van der Waals surface area contributed by atoms with Crippen LogP contribution in [0.2, 0.25) is 0 Å². The van der Waals surface area contributed by atoms with Gasteiger partial charge in [-0.1, -0.05) is 13.3 Å². The van der Waals surface area contributed by atoms with Gasteiger partial charge in [0.05, 0.1) is 12.8 Å². The highest BCUT2D eigenvalue weighted by molar-refractivity contribution is 5.80. The molecule has 1 aromatic carbocycles. The van der Waals surface area contributed by atoms with Crippen LogP contribution in [0, 0.1) is 13.8 Å². The summed E-state index contributed by atoms with van der Waals surface area (Å²) in [5.74, 6) is 1.39. The van der Waals surface area contributed by atoms with Crippen LogP contribution in [0.5, 0.6) is 5.75 Å². The minimum Gasteiger partial charge on any atom is -0.494 e. The normalized spacial score (nSPS) is 10.9. The monoisotopic (exact) mass is 298 g/mol. The number of unbranched alkanes of at least 4 members (excludes halogenated alkanes) is 1. The maximum absolute atomic E-state index is 5.62. The molecule has 22 heavy (non-hydrogen) atoms. The van der Waals surface area contributed by atoms with E-state index in [1.165, 1.54) is 0 Å². The van der Waals surface area contributed by atoms with Crippen LogP contribution in [0.25, 0.3) is 0 Å². The van der Waals surface area contributed by atoms with E-state index in [-0.39, 0.29) is 0 Å². The second-order valence-electron chi connectivity index (χ2n) is 5.12. The molecule has 0 amide bonds. The Balaban J connectivity index is 1.90. The fourth-order valence-corrected chi connectivity index (χ4v) is 1.92. The van der Waals surface area contributed by atoms with Gasteiger partial charge in [0.2, 0.25) is 5.95 Å². The number of rotatable bonds is 7. The maximum atomic E-state index is 5.62. The molecule has 1 N–H and O–H groups in total. The van der Waals surface area contributed by atoms with Gasteiger partial charge in [-0.2, -0.15) is 5.10 Å². The minimum atomic E-state index is 0.508. The predicted octanol–water partition coefficient (Wildman–Crippen LogP) is 3.72. The lowest BCUT2D eigenvalue weighted by Crippen LogP contribution is -2.00. The van der Waals surface area contributed by atoms with Gasteiger partial charge in [0.1, 0.15) is 5.75 Å². The van der Waals surface area contributed by atoms with Crippen molar-refractivity contribution in [3.05, 3.63) is 47.3 Å². The molecule has 2 aromatic rings. The zero-order chi connectivity index (χ0) is 15.8. The molecule has 0 aliphatic heterocycles.